The van der Waals surface area contributed by atoms with Crippen molar-refractivity contribution >= 4 is 5.97 Å². The first-order valence-electron chi connectivity index (χ1n) is 12.6. The van der Waals surface area contributed by atoms with Crippen LogP contribution < -0.4 is 4.74 Å². The minimum atomic E-state index is -0.0695. The van der Waals surface area contributed by atoms with Gasteiger partial charge in [0, 0.05) is 6.42 Å². The molecule has 0 radical (unpaired) electrons. The van der Waals surface area contributed by atoms with Crippen LogP contribution in [0.3, 0.4) is 0 Å². The lowest BCUT2D eigenvalue weighted by Gasteiger charge is -2.10. The van der Waals surface area contributed by atoms with E-state index in [-0.39, 0.29) is 5.97 Å². The van der Waals surface area contributed by atoms with Crippen LogP contribution in [0.25, 0.3) is 0 Å². The van der Waals surface area contributed by atoms with Crippen LogP contribution in [0.2, 0.25) is 0 Å². The van der Waals surface area contributed by atoms with Crippen LogP contribution in [0.5, 0.6) is 5.75 Å². The number of aryl methyl sites for hydroxylation is 1. The molecule has 0 aliphatic rings. The van der Waals surface area contributed by atoms with Gasteiger partial charge in [0.1, 0.15) is 5.75 Å². The molecule has 0 aliphatic carbocycles. The van der Waals surface area contributed by atoms with E-state index in [4.69, 9.17) is 4.74 Å². The molecule has 0 N–H and O–H groups in total. The van der Waals surface area contributed by atoms with Gasteiger partial charge in [-0.2, -0.15) is 0 Å². The first-order valence-corrected chi connectivity index (χ1v) is 12.6. The van der Waals surface area contributed by atoms with E-state index in [1.165, 1.54) is 95.5 Å². The Hall–Kier alpha value is -1.31. The fourth-order valence-electron chi connectivity index (χ4n) is 3.84. The quantitative estimate of drug-likeness (QED) is 0.131. The fourth-order valence-corrected chi connectivity index (χ4v) is 3.84. The normalized spacial score (nSPS) is 11.0. The maximum atomic E-state index is 12.2. The van der Waals surface area contributed by atoms with E-state index in [1.807, 2.05) is 12.1 Å². The van der Waals surface area contributed by atoms with Gasteiger partial charge in [0.15, 0.2) is 0 Å². The summed E-state index contributed by atoms with van der Waals surface area (Å²) in [6.45, 7) is 4.51. The van der Waals surface area contributed by atoms with Crippen molar-refractivity contribution in [2.75, 3.05) is 0 Å². The molecule has 0 bridgehead atoms. The third kappa shape index (κ3) is 14.3. The number of unbranched alkanes of at least 4 members (excludes halogenated alkanes) is 14. The molecular weight excluding hydrogens is 356 g/mol. The molecule has 2 nitrogen and oxygen atoms in total. The zero-order valence-corrected chi connectivity index (χ0v) is 19.4. The number of carbonyl (C=O) groups is 1. The van der Waals surface area contributed by atoms with Gasteiger partial charge in [-0.3, -0.25) is 4.79 Å². The van der Waals surface area contributed by atoms with Crippen LogP contribution in [0.4, 0.5) is 0 Å². The second-order valence-corrected chi connectivity index (χ2v) is 8.53. The van der Waals surface area contributed by atoms with E-state index in [9.17, 15) is 4.79 Å². The summed E-state index contributed by atoms with van der Waals surface area (Å²) in [5.41, 5.74) is 1.18. The van der Waals surface area contributed by atoms with Gasteiger partial charge in [-0.25, -0.2) is 0 Å². The first kappa shape index (κ1) is 25.7. The van der Waals surface area contributed by atoms with Gasteiger partial charge in [0.05, 0.1) is 0 Å². The third-order valence-electron chi connectivity index (χ3n) is 5.73. The monoisotopic (exact) mass is 402 g/mol. The van der Waals surface area contributed by atoms with Crippen molar-refractivity contribution in [2.24, 2.45) is 0 Å². The second kappa shape index (κ2) is 18.7. The molecule has 0 heterocycles. The summed E-state index contributed by atoms with van der Waals surface area (Å²) in [5.74, 6) is 0.708. The van der Waals surface area contributed by atoms with E-state index in [2.05, 4.69) is 26.0 Å². The Labute approximate surface area is 180 Å². The van der Waals surface area contributed by atoms with Gasteiger partial charge >= 0.3 is 5.97 Å². The van der Waals surface area contributed by atoms with E-state index in [1.54, 1.807) is 0 Å². The largest absolute Gasteiger partial charge is 0.426 e. The highest BCUT2D eigenvalue weighted by molar-refractivity contribution is 5.72. The maximum Gasteiger partial charge on any atom is 0.311 e. The highest BCUT2D eigenvalue weighted by atomic mass is 16.5. The van der Waals surface area contributed by atoms with E-state index < -0.39 is 0 Å². The van der Waals surface area contributed by atoms with Crippen LogP contribution in [-0.2, 0) is 11.2 Å². The summed E-state index contributed by atoms with van der Waals surface area (Å²) in [6.07, 6.45) is 22.1. The van der Waals surface area contributed by atoms with Crippen molar-refractivity contribution in [2.45, 2.75) is 129 Å². The molecule has 0 saturated carbocycles. The van der Waals surface area contributed by atoms with Crippen molar-refractivity contribution in [1.82, 2.24) is 0 Å². The number of carbonyl (C=O) groups excluding carboxylic acids is 1. The topological polar surface area (TPSA) is 26.3 Å². The zero-order chi connectivity index (χ0) is 21.0. The summed E-state index contributed by atoms with van der Waals surface area (Å²) in [7, 11) is 0. The lowest BCUT2D eigenvalue weighted by molar-refractivity contribution is -0.134. The predicted molar refractivity (Wildman–Crippen MR) is 126 cm³/mol. The molecule has 2 heteroatoms. The summed E-state index contributed by atoms with van der Waals surface area (Å²) < 4.78 is 5.69. The molecule has 0 atom stereocenters. The van der Waals surface area contributed by atoms with Gasteiger partial charge in [-0.05, 0) is 30.9 Å². The average Bonchev–Trinajstić information content (AvgIpc) is 2.73. The maximum absolute atomic E-state index is 12.2. The van der Waals surface area contributed by atoms with E-state index >= 15 is 0 Å². The Kier molecular flexibility index (Phi) is 16.6. The molecule has 1 rings (SSSR count). The lowest BCUT2D eigenvalue weighted by Crippen LogP contribution is -2.09. The number of hydrogen-bond acceptors (Lipinski definition) is 2. The minimum Gasteiger partial charge on any atom is -0.426 e. The van der Waals surface area contributed by atoms with Gasteiger partial charge in [0.25, 0.3) is 0 Å². The van der Waals surface area contributed by atoms with Gasteiger partial charge in [-0.15, -0.1) is 0 Å². The molecule has 0 unspecified atom stereocenters. The molecular formula is C27H46O2. The number of hydrogen-bond donors (Lipinski definition) is 0. The van der Waals surface area contributed by atoms with Crippen molar-refractivity contribution in [3.8, 4) is 5.75 Å². The predicted octanol–water partition coefficient (Wildman–Crippen LogP) is 8.81. The zero-order valence-electron chi connectivity index (χ0n) is 19.4. The van der Waals surface area contributed by atoms with E-state index in [0.717, 1.165) is 25.0 Å². The lowest BCUT2D eigenvalue weighted by atomic mass is 10.0. The highest BCUT2D eigenvalue weighted by Crippen LogP contribution is 2.22. The van der Waals surface area contributed by atoms with Crippen LogP contribution in [-0.4, -0.2) is 5.97 Å². The van der Waals surface area contributed by atoms with Gasteiger partial charge in [0.2, 0.25) is 0 Å². The molecule has 0 saturated heterocycles. The van der Waals surface area contributed by atoms with Crippen LogP contribution in [0, 0.1) is 0 Å². The van der Waals surface area contributed by atoms with Gasteiger partial charge < -0.3 is 4.74 Å². The summed E-state index contributed by atoms with van der Waals surface area (Å²) >= 11 is 0. The van der Waals surface area contributed by atoms with Crippen LogP contribution >= 0.6 is 0 Å². The second-order valence-electron chi connectivity index (χ2n) is 8.53. The smallest absolute Gasteiger partial charge is 0.311 e. The molecule has 1 aromatic rings. The Morgan fingerprint density at radius 2 is 1.14 bits per heavy atom. The summed E-state index contributed by atoms with van der Waals surface area (Å²) in [4.78, 5) is 12.2. The fraction of sp³-hybridized carbons (Fsp3) is 0.741. The van der Waals surface area contributed by atoms with Crippen molar-refractivity contribution < 1.29 is 9.53 Å². The van der Waals surface area contributed by atoms with Crippen molar-refractivity contribution in [3.63, 3.8) is 0 Å². The third-order valence-corrected chi connectivity index (χ3v) is 5.73. The molecule has 0 fully saturated rings. The van der Waals surface area contributed by atoms with E-state index in [0.29, 0.717) is 6.42 Å². The Morgan fingerprint density at radius 1 is 0.655 bits per heavy atom. The number of benzene rings is 1. The SMILES string of the molecule is CCCCCCCCCCCC(=O)Oc1ccccc1CCCCCCCCC. The standard InChI is InChI=1S/C27H46O2/c1-3-5-7-9-11-12-14-16-18-24-27(28)29-26-23-20-19-22-25(26)21-17-15-13-10-8-6-4-2/h19-20,22-23H,3-18,21,24H2,1-2H3. The molecule has 0 spiro atoms. The Balaban J connectivity index is 2.15. The summed E-state index contributed by atoms with van der Waals surface area (Å²) in [6, 6.07) is 8.08. The number of rotatable bonds is 19. The number of para-hydroxylation sites is 1. The van der Waals surface area contributed by atoms with Crippen molar-refractivity contribution in [3.05, 3.63) is 29.8 Å². The highest BCUT2D eigenvalue weighted by Gasteiger charge is 2.09. The molecule has 29 heavy (non-hydrogen) atoms. The summed E-state index contributed by atoms with van der Waals surface area (Å²) in [5, 5.41) is 0. The molecule has 166 valence electrons. The number of ether oxygens (including phenoxy) is 1. The minimum absolute atomic E-state index is 0.0695. The van der Waals surface area contributed by atoms with Crippen molar-refractivity contribution in [1.29, 1.82) is 0 Å². The average molecular weight is 403 g/mol. The molecule has 0 aromatic heterocycles. The van der Waals surface area contributed by atoms with Crippen LogP contribution in [0.1, 0.15) is 129 Å². The molecule has 0 aliphatic heterocycles. The van der Waals surface area contributed by atoms with Crippen LogP contribution in [0.15, 0.2) is 24.3 Å². The Bertz CT molecular complexity index is 509. The molecule has 1 aromatic carbocycles. The molecule has 0 amide bonds. The first-order chi connectivity index (χ1) is 14.3. The Morgan fingerprint density at radius 3 is 1.72 bits per heavy atom. The van der Waals surface area contributed by atoms with Gasteiger partial charge in [-0.1, -0.05) is 122 Å². The number of esters is 1.